The van der Waals surface area contributed by atoms with Crippen LogP contribution in [0.1, 0.15) is 41.9 Å². The minimum atomic E-state index is 0.197. The molecule has 0 radical (unpaired) electrons. The average Bonchev–Trinajstić information content (AvgIpc) is 2.99. The Hall–Kier alpha value is -1.81. The van der Waals surface area contributed by atoms with E-state index in [1.807, 2.05) is 17.7 Å². The number of fused-ring (bicyclic) bond motifs is 1. The zero-order valence-corrected chi connectivity index (χ0v) is 12.1. The fourth-order valence-electron chi connectivity index (χ4n) is 2.86. The highest BCUT2D eigenvalue weighted by Crippen LogP contribution is 2.32. The topological polar surface area (TPSA) is 53.1 Å². The highest BCUT2D eigenvalue weighted by molar-refractivity contribution is 5.40. The number of nitrogens with zero attached hydrogens (tertiary/aromatic N) is 2. The number of aryl methyl sites for hydroxylation is 3. The van der Waals surface area contributed by atoms with Crippen LogP contribution in [0.2, 0.25) is 0 Å². The molecule has 4 heteroatoms. The van der Waals surface area contributed by atoms with E-state index in [4.69, 9.17) is 10.5 Å². The van der Waals surface area contributed by atoms with Crippen molar-refractivity contribution >= 4 is 0 Å². The molecule has 1 aromatic heterocycles. The van der Waals surface area contributed by atoms with Gasteiger partial charge in [-0.05, 0) is 56.0 Å². The molecule has 0 bridgehead atoms. The van der Waals surface area contributed by atoms with Crippen LogP contribution in [0.15, 0.2) is 24.3 Å². The summed E-state index contributed by atoms with van der Waals surface area (Å²) in [5.74, 6) is 0.916. The van der Waals surface area contributed by atoms with E-state index in [1.54, 1.807) is 0 Å². The maximum Gasteiger partial charge on any atom is 0.130 e. The Morgan fingerprint density at radius 1 is 1.40 bits per heavy atom. The molecule has 106 valence electrons. The van der Waals surface area contributed by atoms with Crippen molar-refractivity contribution in [2.45, 2.75) is 45.9 Å². The lowest BCUT2D eigenvalue weighted by Crippen LogP contribution is -2.07. The molecule has 4 nitrogen and oxygen atoms in total. The minimum absolute atomic E-state index is 0.197. The normalized spacial score (nSPS) is 17.2. The Morgan fingerprint density at radius 2 is 2.25 bits per heavy atom. The van der Waals surface area contributed by atoms with Gasteiger partial charge >= 0.3 is 0 Å². The van der Waals surface area contributed by atoms with Crippen LogP contribution in [0.25, 0.3) is 0 Å². The van der Waals surface area contributed by atoms with Crippen molar-refractivity contribution in [1.82, 2.24) is 9.78 Å². The molecular formula is C16H21N3O. The molecular weight excluding hydrogens is 250 g/mol. The third-order valence-electron chi connectivity index (χ3n) is 3.91. The number of rotatable bonds is 4. The van der Waals surface area contributed by atoms with Crippen molar-refractivity contribution in [3.8, 4) is 5.75 Å². The van der Waals surface area contributed by atoms with Crippen molar-refractivity contribution in [2.75, 3.05) is 0 Å². The molecule has 3 rings (SSSR count). The second-order valence-corrected chi connectivity index (χ2v) is 5.39. The van der Waals surface area contributed by atoms with E-state index in [2.05, 4.69) is 30.2 Å². The van der Waals surface area contributed by atoms with Crippen LogP contribution in [0, 0.1) is 6.92 Å². The van der Waals surface area contributed by atoms with Gasteiger partial charge in [0.15, 0.2) is 0 Å². The molecule has 0 fully saturated rings. The van der Waals surface area contributed by atoms with E-state index >= 15 is 0 Å². The summed E-state index contributed by atoms with van der Waals surface area (Å²) in [6, 6.07) is 8.52. The molecule has 1 atom stereocenters. The van der Waals surface area contributed by atoms with Gasteiger partial charge in [0, 0.05) is 12.6 Å². The summed E-state index contributed by atoms with van der Waals surface area (Å²) in [4.78, 5) is 0. The van der Waals surface area contributed by atoms with Crippen LogP contribution < -0.4 is 10.5 Å². The van der Waals surface area contributed by atoms with E-state index in [1.165, 1.54) is 11.1 Å². The summed E-state index contributed by atoms with van der Waals surface area (Å²) in [6.45, 7) is 5.52. The van der Waals surface area contributed by atoms with E-state index < -0.39 is 0 Å². The van der Waals surface area contributed by atoms with Gasteiger partial charge in [0.05, 0.1) is 11.4 Å². The van der Waals surface area contributed by atoms with Gasteiger partial charge in [-0.25, -0.2) is 0 Å². The van der Waals surface area contributed by atoms with Crippen LogP contribution >= 0.6 is 0 Å². The van der Waals surface area contributed by atoms with Gasteiger partial charge in [-0.1, -0.05) is 6.07 Å². The Labute approximate surface area is 119 Å². The number of hydrogen-bond acceptors (Lipinski definition) is 3. The summed E-state index contributed by atoms with van der Waals surface area (Å²) in [7, 11) is 0. The Morgan fingerprint density at radius 3 is 3.05 bits per heavy atom. The summed E-state index contributed by atoms with van der Waals surface area (Å²) in [5, 5.41) is 4.43. The zero-order chi connectivity index (χ0) is 14.1. The molecule has 1 aliphatic carbocycles. The lowest BCUT2D eigenvalue weighted by atomic mass is 10.1. The molecule has 0 aliphatic heterocycles. The fourth-order valence-corrected chi connectivity index (χ4v) is 2.86. The average molecular weight is 271 g/mol. The smallest absolute Gasteiger partial charge is 0.130 e. The number of aromatic nitrogens is 2. The highest BCUT2D eigenvalue weighted by atomic mass is 16.5. The molecule has 0 saturated carbocycles. The molecule has 0 spiro atoms. The van der Waals surface area contributed by atoms with Gasteiger partial charge in [0.25, 0.3) is 0 Å². The first kappa shape index (κ1) is 13.2. The Bertz CT molecular complexity index is 618. The molecule has 0 saturated heterocycles. The van der Waals surface area contributed by atoms with E-state index in [0.29, 0.717) is 6.61 Å². The predicted octanol–water partition coefficient (Wildman–Crippen LogP) is 2.74. The quantitative estimate of drug-likeness (QED) is 0.930. The molecule has 2 N–H and O–H groups in total. The van der Waals surface area contributed by atoms with Gasteiger partial charge in [-0.3, -0.25) is 4.68 Å². The van der Waals surface area contributed by atoms with Gasteiger partial charge < -0.3 is 10.5 Å². The van der Waals surface area contributed by atoms with Gasteiger partial charge in [0.2, 0.25) is 0 Å². The number of benzene rings is 1. The third-order valence-corrected chi connectivity index (χ3v) is 3.91. The minimum Gasteiger partial charge on any atom is -0.487 e. The first-order chi connectivity index (χ1) is 9.67. The summed E-state index contributed by atoms with van der Waals surface area (Å²) in [5.41, 5.74) is 10.8. The van der Waals surface area contributed by atoms with Crippen molar-refractivity contribution in [3.05, 3.63) is 46.8 Å². The number of hydrogen-bond donors (Lipinski definition) is 1. The van der Waals surface area contributed by atoms with Crippen LogP contribution in [-0.4, -0.2) is 9.78 Å². The van der Waals surface area contributed by atoms with Crippen LogP contribution in [-0.2, 0) is 19.6 Å². The van der Waals surface area contributed by atoms with E-state index in [9.17, 15) is 0 Å². The van der Waals surface area contributed by atoms with Gasteiger partial charge in [-0.2, -0.15) is 5.10 Å². The summed E-state index contributed by atoms with van der Waals surface area (Å²) < 4.78 is 7.89. The molecule has 1 aliphatic rings. The molecule has 0 amide bonds. The lowest BCUT2D eigenvalue weighted by Gasteiger charge is -2.10. The van der Waals surface area contributed by atoms with Gasteiger partial charge in [-0.15, -0.1) is 0 Å². The second kappa shape index (κ2) is 5.29. The third kappa shape index (κ3) is 2.43. The van der Waals surface area contributed by atoms with Crippen molar-refractivity contribution in [1.29, 1.82) is 0 Å². The lowest BCUT2D eigenvalue weighted by molar-refractivity contribution is 0.292. The second-order valence-electron chi connectivity index (χ2n) is 5.39. The van der Waals surface area contributed by atoms with Crippen LogP contribution in [0.4, 0.5) is 0 Å². The van der Waals surface area contributed by atoms with Crippen molar-refractivity contribution < 1.29 is 4.74 Å². The Kier molecular flexibility index (Phi) is 3.49. The molecule has 2 aromatic rings. The maximum atomic E-state index is 6.05. The fraction of sp³-hybridized carbons (Fsp3) is 0.438. The predicted molar refractivity (Wildman–Crippen MR) is 78.7 cm³/mol. The van der Waals surface area contributed by atoms with Crippen LogP contribution in [0.3, 0.4) is 0 Å². The van der Waals surface area contributed by atoms with Crippen molar-refractivity contribution in [3.63, 3.8) is 0 Å². The monoisotopic (exact) mass is 271 g/mol. The molecule has 20 heavy (non-hydrogen) atoms. The SMILES string of the molecule is CCn1nc(C)cc1COc1ccc2c(c1)CC[C@@H]2N. The maximum absolute atomic E-state index is 6.05. The molecule has 1 heterocycles. The first-order valence-electron chi connectivity index (χ1n) is 7.22. The molecule has 1 aromatic carbocycles. The largest absolute Gasteiger partial charge is 0.487 e. The summed E-state index contributed by atoms with van der Waals surface area (Å²) in [6.07, 6.45) is 2.10. The molecule has 0 unspecified atom stereocenters. The van der Waals surface area contributed by atoms with E-state index in [0.717, 1.165) is 36.5 Å². The first-order valence-corrected chi connectivity index (χ1v) is 7.22. The van der Waals surface area contributed by atoms with Crippen LogP contribution in [0.5, 0.6) is 5.75 Å². The van der Waals surface area contributed by atoms with E-state index in [-0.39, 0.29) is 6.04 Å². The number of ether oxygens (including phenoxy) is 1. The van der Waals surface area contributed by atoms with Crippen molar-refractivity contribution in [2.24, 2.45) is 5.73 Å². The standard InChI is InChI=1S/C16H21N3O/c1-3-19-13(8-11(2)18-19)10-20-14-5-6-15-12(9-14)4-7-16(15)17/h5-6,8-9,16H,3-4,7,10,17H2,1-2H3/t16-/m0/s1. The highest BCUT2D eigenvalue weighted by Gasteiger charge is 2.19. The van der Waals surface area contributed by atoms with Gasteiger partial charge in [0.1, 0.15) is 12.4 Å². The Balaban J connectivity index is 1.72. The zero-order valence-electron chi connectivity index (χ0n) is 12.1. The summed E-state index contributed by atoms with van der Waals surface area (Å²) >= 11 is 0. The number of nitrogens with two attached hydrogens (primary N) is 1.